The summed E-state index contributed by atoms with van der Waals surface area (Å²) in [5.74, 6) is 5.81. The maximum Gasteiger partial charge on any atom is 0.158 e. The Morgan fingerprint density at radius 1 is 1.29 bits per heavy atom. The highest BCUT2D eigenvalue weighted by molar-refractivity contribution is 7.99. The lowest BCUT2D eigenvalue weighted by molar-refractivity contribution is 0.128. The van der Waals surface area contributed by atoms with Gasteiger partial charge in [-0.1, -0.05) is 6.92 Å². The van der Waals surface area contributed by atoms with Crippen LogP contribution in [0.2, 0.25) is 0 Å². The zero-order valence-corrected chi connectivity index (χ0v) is 13.8. The van der Waals surface area contributed by atoms with Crippen molar-refractivity contribution in [2.24, 2.45) is 5.92 Å². The fourth-order valence-electron chi connectivity index (χ4n) is 2.18. The summed E-state index contributed by atoms with van der Waals surface area (Å²) in [6.45, 7) is 7.18. The minimum absolute atomic E-state index is 0.464. The zero-order chi connectivity index (χ0) is 14.9. The molecule has 0 aliphatic carbocycles. The molecule has 2 heterocycles. The molecule has 1 fully saturated rings. The number of hydrogen-bond acceptors (Lipinski definition) is 6. The van der Waals surface area contributed by atoms with Gasteiger partial charge in [0.05, 0.1) is 0 Å². The first-order valence-electron chi connectivity index (χ1n) is 7.83. The van der Waals surface area contributed by atoms with Crippen LogP contribution in [0.15, 0.2) is 6.07 Å². The molecule has 2 N–H and O–H groups in total. The molecule has 1 aliphatic heterocycles. The molecule has 118 valence electrons. The highest BCUT2D eigenvalue weighted by atomic mass is 32.2. The lowest BCUT2D eigenvalue weighted by Crippen LogP contribution is -2.16. The Balaban J connectivity index is 1.98. The summed E-state index contributed by atoms with van der Waals surface area (Å²) in [7, 11) is 0. The number of nitrogens with zero attached hydrogens (tertiary/aromatic N) is 2. The quantitative estimate of drug-likeness (QED) is 0.731. The molecule has 1 saturated heterocycles. The number of aromatic nitrogens is 2. The average Bonchev–Trinajstić information content (AvgIpc) is 3.02. The first-order chi connectivity index (χ1) is 10.3. The number of hydrogen-bond donors (Lipinski definition) is 2. The van der Waals surface area contributed by atoms with Crippen molar-refractivity contribution in [3.8, 4) is 0 Å². The van der Waals surface area contributed by atoms with E-state index in [9.17, 15) is 0 Å². The molecule has 0 bridgehead atoms. The molecule has 5 nitrogen and oxygen atoms in total. The van der Waals surface area contributed by atoms with Gasteiger partial charge < -0.3 is 15.4 Å². The molecule has 1 atom stereocenters. The molecule has 1 aromatic heterocycles. The molecule has 6 heteroatoms. The number of nitrogens with one attached hydrogen (secondary N) is 2. The third-order valence-corrected chi connectivity index (χ3v) is 4.59. The highest BCUT2D eigenvalue weighted by Crippen LogP contribution is 2.23. The summed E-state index contributed by atoms with van der Waals surface area (Å²) >= 11 is 2.04. The van der Waals surface area contributed by atoms with Crippen molar-refractivity contribution in [2.75, 3.05) is 41.8 Å². The van der Waals surface area contributed by atoms with Gasteiger partial charge in [-0.15, -0.1) is 0 Å². The Morgan fingerprint density at radius 2 is 2.10 bits per heavy atom. The largest absolute Gasteiger partial charge is 0.374 e. The van der Waals surface area contributed by atoms with Crippen molar-refractivity contribution in [2.45, 2.75) is 33.3 Å². The Hall–Kier alpha value is -1.01. The summed E-state index contributed by atoms with van der Waals surface area (Å²) < 4.78 is 5.43. The summed E-state index contributed by atoms with van der Waals surface area (Å²) in [6, 6.07) is 1.99. The van der Waals surface area contributed by atoms with Gasteiger partial charge in [0, 0.05) is 25.8 Å². The molecule has 2 rings (SSSR count). The van der Waals surface area contributed by atoms with Crippen molar-refractivity contribution in [1.29, 1.82) is 0 Å². The molecule has 1 aliphatic rings. The summed E-state index contributed by atoms with van der Waals surface area (Å²) in [4.78, 5) is 9.04. The molecule has 0 aromatic carbocycles. The fraction of sp³-hybridized carbons (Fsp3) is 0.733. The van der Waals surface area contributed by atoms with Crippen LogP contribution in [0.25, 0.3) is 0 Å². The van der Waals surface area contributed by atoms with Gasteiger partial charge in [0.15, 0.2) is 5.82 Å². The minimum Gasteiger partial charge on any atom is -0.374 e. The number of anilines is 2. The van der Waals surface area contributed by atoms with Gasteiger partial charge in [-0.25, -0.2) is 9.97 Å². The molecule has 21 heavy (non-hydrogen) atoms. The monoisotopic (exact) mass is 310 g/mol. The van der Waals surface area contributed by atoms with Gasteiger partial charge in [-0.05, 0) is 37.2 Å². The van der Waals surface area contributed by atoms with Crippen molar-refractivity contribution in [3.05, 3.63) is 11.9 Å². The molecule has 1 aromatic rings. The van der Waals surface area contributed by atoms with Crippen LogP contribution in [0.3, 0.4) is 0 Å². The van der Waals surface area contributed by atoms with Gasteiger partial charge in [0.2, 0.25) is 0 Å². The Morgan fingerprint density at radius 3 is 2.76 bits per heavy atom. The van der Waals surface area contributed by atoms with Crippen molar-refractivity contribution >= 4 is 23.4 Å². The molecule has 0 amide bonds. The summed E-state index contributed by atoms with van der Waals surface area (Å²) in [5.41, 5.74) is 0. The highest BCUT2D eigenvalue weighted by Gasteiger charge is 2.15. The Labute approximate surface area is 131 Å². The summed E-state index contributed by atoms with van der Waals surface area (Å²) in [5, 5.41) is 6.79. The van der Waals surface area contributed by atoms with E-state index < -0.39 is 0 Å². The van der Waals surface area contributed by atoms with E-state index in [0.717, 1.165) is 42.9 Å². The van der Waals surface area contributed by atoms with Crippen LogP contribution in [0.5, 0.6) is 0 Å². The number of thioether (sulfide) groups is 1. The molecule has 0 spiro atoms. The molecular formula is C15H26N4OS. The Kier molecular flexibility index (Phi) is 7.09. The topological polar surface area (TPSA) is 59.1 Å². The van der Waals surface area contributed by atoms with Gasteiger partial charge in [0.25, 0.3) is 0 Å². The third-order valence-electron chi connectivity index (χ3n) is 3.36. The van der Waals surface area contributed by atoms with E-state index in [1.165, 1.54) is 17.9 Å². The van der Waals surface area contributed by atoms with E-state index in [1.807, 2.05) is 24.8 Å². The van der Waals surface area contributed by atoms with Crippen molar-refractivity contribution in [1.82, 2.24) is 9.97 Å². The van der Waals surface area contributed by atoms with Crippen LogP contribution in [0.1, 0.15) is 32.5 Å². The van der Waals surface area contributed by atoms with E-state index in [-0.39, 0.29) is 0 Å². The average molecular weight is 310 g/mol. The smallest absolute Gasteiger partial charge is 0.158 e. The summed E-state index contributed by atoms with van der Waals surface area (Å²) in [6.07, 6.45) is 2.38. The molecule has 1 unspecified atom stereocenters. The maximum absolute atomic E-state index is 5.43. The number of ether oxygens (including phenoxy) is 1. The second-order valence-electron chi connectivity index (χ2n) is 5.23. The zero-order valence-electron chi connectivity index (χ0n) is 13.0. The molecule has 0 saturated carbocycles. The minimum atomic E-state index is 0.464. The third kappa shape index (κ3) is 5.71. The van der Waals surface area contributed by atoms with Crippen molar-refractivity contribution < 1.29 is 4.74 Å². The van der Waals surface area contributed by atoms with E-state index >= 15 is 0 Å². The van der Waals surface area contributed by atoms with Crippen LogP contribution < -0.4 is 10.6 Å². The number of rotatable bonds is 9. The van der Waals surface area contributed by atoms with Crippen LogP contribution in [-0.2, 0) is 11.3 Å². The molecule has 0 radical (unpaired) electrons. The van der Waals surface area contributed by atoms with Crippen LogP contribution >= 0.6 is 11.8 Å². The predicted molar refractivity (Wildman–Crippen MR) is 90.1 cm³/mol. The van der Waals surface area contributed by atoms with Gasteiger partial charge in [-0.3, -0.25) is 0 Å². The van der Waals surface area contributed by atoms with E-state index in [0.29, 0.717) is 13.2 Å². The second-order valence-corrected chi connectivity index (χ2v) is 6.38. The first kappa shape index (κ1) is 16.4. The van der Waals surface area contributed by atoms with E-state index in [4.69, 9.17) is 4.74 Å². The van der Waals surface area contributed by atoms with Crippen molar-refractivity contribution in [3.63, 3.8) is 0 Å². The van der Waals surface area contributed by atoms with Crippen LogP contribution in [-0.4, -0.2) is 41.2 Å². The fourth-order valence-corrected chi connectivity index (χ4v) is 3.47. The normalized spacial score (nSPS) is 17.9. The second kappa shape index (κ2) is 9.10. The standard InChI is InChI=1S/C15H26N4OS/c1-3-6-16-13-8-14(17-9-12-5-7-21-11-12)19-15(18-13)10-20-4-2/h8,12H,3-7,9-11H2,1-2H3,(H2,16,17,18,19). The van der Waals surface area contributed by atoms with Crippen LogP contribution in [0, 0.1) is 5.92 Å². The Bertz CT molecular complexity index is 398. The van der Waals surface area contributed by atoms with E-state index in [2.05, 4.69) is 27.5 Å². The van der Waals surface area contributed by atoms with E-state index in [1.54, 1.807) is 0 Å². The van der Waals surface area contributed by atoms with Gasteiger partial charge >= 0.3 is 0 Å². The lowest BCUT2D eigenvalue weighted by atomic mass is 10.1. The lowest BCUT2D eigenvalue weighted by Gasteiger charge is -2.13. The molecular weight excluding hydrogens is 284 g/mol. The SMILES string of the molecule is CCCNc1cc(NCC2CCSC2)nc(COCC)n1. The first-order valence-corrected chi connectivity index (χ1v) is 8.98. The predicted octanol–water partition coefficient (Wildman–Crippen LogP) is 3.00. The van der Waals surface area contributed by atoms with Gasteiger partial charge in [0.1, 0.15) is 18.2 Å². The van der Waals surface area contributed by atoms with Gasteiger partial charge in [-0.2, -0.15) is 11.8 Å². The van der Waals surface area contributed by atoms with Crippen LogP contribution in [0.4, 0.5) is 11.6 Å². The maximum atomic E-state index is 5.43.